The van der Waals surface area contributed by atoms with E-state index in [0.29, 0.717) is 19.5 Å². The molecule has 210 valence electrons. The summed E-state index contributed by atoms with van der Waals surface area (Å²) in [5, 5.41) is 6.73. The molecule has 4 amide bonds. The van der Waals surface area contributed by atoms with Crippen LogP contribution in [-0.4, -0.2) is 70.6 Å². The second-order valence-corrected chi connectivity index (χ2v) is 10.2. The zero-order valence-electron chi connectivity index (χ0n) is 22.7. The number of benzene rings is 3. The lowest BCUT2D eigenvalue weighted by Gasteiger charge is -2.33. The van der Waals surface area contributed by atoms with Gasteiger partial charge in [0.05, 0.1) is 0 Å². The first-order valence-corrected chi connectivity index (χ1v) is 13.7. The van der Waals surface area contributed by atoms with Crippen LogP contribution >= 0.6 is 0 Å². The lowest BCUT2D eigenvalue weighted by Crippen LogP contribution is -2.57. The van der Waals surface area contributed by atoms with Crippen LogP contribution in [0.25, 0.3) is 10.9 Å². The summed E-state index contributed by atoms with van der Waals surface area (Å²) in [6, 6.07) is 26.2. The Morgan fingerprint density at radius 2 is 1.44 bits per heavy atom. The maximum absolute atomic E-state index is 13.3. The highest BCUT2D eigenvalue weighted by atomic mass is 16.2. The highest BCUT2D eigenvalue weighted by Gasteiger charge is 2.32. The maximum atomic E-state index is 13.3. The van der Waals surface area contributed by atoms with Gasteiger partial charge in [0, 0.05) is 36.6 Å². The fourth-order valence-electron chi connectivity index (χ4n) is 5.04. The molecule has 0 bridgehead atoms. The summed E-state index contributed by atoms with van der Waals surface area (Å²) in [5.41, 5.74) is 3.86. The smallest absolute Gasteiger partial charge is 0.243 e. The average molecular weight is 552 g/mol. The highest BCUT2D eigenvalue weighted by molar-refractivity contribution is 5.96. The number of carbonyl (C=O) groups excluding carboxylic acids is 4. The summed E-state index contributed by atoms with van der Waals surface area (Å²) in [7, 11) is 0. The van der Waals surface area contributed by atoms with Crippen molar-refractivity contribution in [2.45, 2.75) is 25.4 Å². The van der Waals surface area contributed by atoms with Gasteiger partial charge in [-0.05, 0) is 29.2 Å². The predicted octanol–water partition coefficient (Wildman–Crippen LogP) is 2.43. The molecule has 9 heteroatoms. The summed E-state index contributed by atoms with van der Waals surface area (Å²) >= 11 is 0. The Morgan fingerprint density at radius 1 is 0.805 bits per heavy atom. The average Bonchev–Trinajstić information content (AvgIpc) is 3.39. The minimum atomic E-state index is -0.859. The maximum Gasteiger partial charge on any atom is 0.243 e. The van der Waals surface area contributed by atoms with Crippen LogP contribution in [0.15, 0.2) is 91.1 Å². The number of hydrogen-bond acceptors (Lipinski definition) is 4. The molecule has 3 aromatic carbocycles. The van der Waals surface area contributed by atoms with Crippen molar-refractivity contribution in [1.29, 1.82) is 0 Å². The van der Waals surface area contributed by atoms with Gasteiger partial charge < -0.3 is 25.4 Å². The summed E-state index contributed by atoms with van der Waals surface area (Å²) < 4.78 is 0. The Bertz CT molecular complexity index is 1520. The van der Waals surface area contributed by atoms with Crippen LogP contribution in [0.4, 0.5) is 0 Å². The van der Waals surface area contributed by atoms with Crippen LogP contribution < -0.4 is 10.6 Å². The van der Waals surface area contributed by atoms with Gasteiger partial charge in [0.15, 0.2) is 0 Å². The molecule has 1 atom stereocenters. The topological polar surface area (TPSA) is 115 Å². The number of para-hydroxylation sites is 1. The monoisotopic (exact) mass is 551 g/mol. The fraction of sp³-hybridized carbons (Fsp3) is 0.250. The Balaban J connectivity index is 1.22. The third kappa shape index (κ3) is 7.19. The van der Waals surface area contributed by atoms with Gasteiger partial charge in [0.2, 0.25) is 23.6 Å². The molecule has 41 heavy (non-hydrogen) atoms. The molecule has 0 aliphatic carbocycles. The van der Waals surface area contributed by atoms with Crippen molar-refractivity contribution in [3.05, 3.63) is 108 Å². The molecule has 5 rings (SSSR count). The number of aromatic amines is 1. The molecule has 1 aromatic heterocycles. The van der Waals surface area contributed by atoms with Gasteiger partial charge in [0.1, 0.15) is 25.7 Å². The second-order valence-electron chi connectivity index (χ2n) is 10.2. The van der Waals surface area contributed by atoms with Crippen LogP contribution in [0.3, 0.4) is 0 Å². The minimum Gasteiger partial charge on any atom is -0.361 e. The SMILES string of the molecule is O=C(CN1CC(=O)N(Cc2ccccc2)CC1=O)NC(Cc1c[nH]c2ccccc12)C(=O)NCCc1ccccc1. The number of piperazine rings is 1. The standard InChI is InChI=1S/C32H33N5O4/c38-29(20-37-22-30(39)36(21-31(37)40)19-24-11-5-2-6-12-24)35-28(17-25-18-34-27-14-8-7-13-26(25)27)32(41)33-16-15-23-9-3-1-4-10-23/h1-14,18,28,34H,15-17,19-22H2,(H,33,41)(H,35,38). The number of fused-ring (bicyclic) bond motifs is 1. The van der Waals surface area contributed by atoms with Gasteiger partial charge in [-0.3, -0.25) is 19.2 Å². The fourth-order valence-corrected chi connectivity index (χ4v) is 5.04. The number of H-pyrrole nitrogens is 1. The van der Waals surface area contributed by atoms with Crippen molar-refractivity contribution in [3.63, 3.8) is 0 Å². The number of hydrogen-bond donors (Lipinski definition) is 3. The van der Waals surface area contributed by atoms with E-state index in [-0.39, 0.29) is 43.8 Å². The molecule has 1 saturated heterocycles. The minimum absolute atomic E-state index is 0.0975. The lowest BCUT2D eigenvalue weighted by molar-refractivity contribution is -0.152. The third-order valence-corrected chi connectivity index (χ3v) is 7.21. The zero-order valence-corrected chi connectivity index (χ0v) is 22.7. The molecule has 1 unspecified atom stereocenters. The highest BCUT2D eigenvalue weighted by Crippen LogP contribution is 2.19. The Morgan fingerprint density at radius 3 is 2.20 bits per heavy atom. The predicted molar refractivity (Wildman–Crippen MR) is 156 cm³/mol. The van der Waals surface area contributed by atoms with E-state index in [1.165, 1.54) is 9.80 Å². The van der Waals surface area contributed by atoms with E-state index in [0.717, 1.165) is 27.6 Å². The number of amides is 4. The first kappa shape index (κ1) is 27.6. The van der Waals surface area contributed by atoms with E-state index in [4.69, 9.17) is 0 Å². The molecule has 1 fully saturated rings. The quantitative estimate of drug-likeness (QED) is 0.266. The second kappa shape index (κ2) is 13.0. The normalized spacial score (nSPS) is 14.2. The molecule has 4 aromatic rings. The van der Waals surface area contributed by atoms with Gasteiger partial charge in [-0.1, -0.05) is 78.9 Å². The summed E-state index contributed by atoms with van der Waals surface area (Å²) in [6.07, 6.45) is 2.77. The van der Waals surface area contributed by atoms with Crippen molar-refractivity contribution in [1.82, 2.24) is 25.4 Å². The van der Waals surface area contributed by atoms with Crippen LogP contribution in [0.2, 0.25) is 0 Å². The molecule has 0 saturated carbocycles. The Labute approximate surface area is 238 Å². The van der Waals surface area contributed by atoms with Crippen LogP contribution in [0.1, 0.15) is 16.7 Å². The number of nitrogens with one attached hydrogen (secondary N) is 3. The molecule has 0 spiro atoms. The first-order valence-electron chi connectivity index (χ1n) is 13.7. The number of carbonyl (C=O) groups is 4. The van der Waals surface area contributed by atoms with Crippen LogP contribution in [0, 0.1) is 0 Å². The number of aromatic nitrogens is 1. The molecule has 9 nitrogen and oxygen atoms in total. The molecule has 1 aliphatic heterocycles. The Hall–Kier alpha value is -4.92. The van der Waals surface area contributed by atoms with E-state index in [9.17, 15) is 19.2 Å². The van der Waals surface area contributed by atoms with Crippen LogP contribution in [-0.2, 0) is 38.6 Å². The van der Waals surface area contributed by atoms with Crippen molar-refractivity contribution in [3.8, 4) is 0 Å². The molecule has 2 heterocycles. The van der Waals surface area contributed by atoms with Gasteiger partial charge in [-0.15, -0.1) is 0 Å². The zero-order chi connectivity index (χ0) is 28.6. The summed E-state index contributed by atoms with van der Waals surface area (Å²) in [5.74, 6) is -1.34. The largest absolute Gasteiger partial charge is 0.361 e. The molecule has 1 aliphatic rings. The van der Waals surface area contributed by atoms with E-state index >= 15 is 0 Å². The van der Waals surface area contributed by atoms with Gasteiger partial charge in [-0.2, -0.15) is 0 Å². The lowest BCUT2D eigenvalue weighted by atomic mass is 10.0. The van der Waals surface area contributed by atoms with Crippen molar-refractivity contribution in [2.24, 2.45) is 0 Å². The van der Waals surface area contributed by atoms with Crippen molar-refractivity contribution < 1.29 is 19.2 Å². The van der Waals surface area contributed by atoms with Gasteiger partial charge in [-0.25, -0.2) is 0 Å². The number of rotatable bonds is 11. The van der Waals surface area contributed by atoms with Crippen molar-refractivity contribution >= 4 is 34.5 Å². The first-order chi connectivity index (χ1) is 20.0. The van der Waals surface area contributed by atoms with E-state index in [2.05, 4.69) is 15.6 Å². The van der Waals surface area contributed by atoms with E-state index in [1.54, 1.807) is 0 Å². The van der Waals surface area contributed by atoms with E-state index < -0.39 is 11.9 Å². The van der Waals surface area contributed by atoms with E-state index in [1.807, 2.05) is 91.1 Å². The van der Waals surface area contributed by atoms with Crippen LogP contribution in [0.5, 0.6) is 0 Å². The Kier molecular flexibility index (Phi) is 8.73. The molecule has 3 N–H and O–H groups in total. The molecular formula is C32H33N5O4. The molecular weight excluding hydrogens is 518 g/mol. The van der Waals surface area contributed by atoms with Crippen molar-refractivity contribution in [2.75, 3.05) is 26.2 Å². The van der Waals surface area contributed by atoms with Gasteiger partial charge in [0.25, 0.3) is 0 Å². The van der Waals surface area contributed by atoms with Gasteiger partial charge >= 0.3 is 0 Å². The molecule has 0 radical (unpaired) electrons. The number of nitrogens with zero attached hydrogens (tertiary/aromatic N) is 2. The third-order valence-electron chi connectivity index (χ3n) is 7.21. The summed E-state index contributed by atoms with van der Waals surface area (Å²) in [4.78, 5) is 58.0. The summed E-state index contributed by atoms with van der Waals surface area (Å²) in [6.45, 7) is 0.168.